The number of aromatic amines is 1. The average Bonchev–Trinajstić information content (AvgIpc) is 2.77. The molecule has 33 heavy (non-hydrogen) atoms. The number of amides is 1. The first kappa shape index (κ1) is 23.4. The third kappa shape index (κ3) is 5.76. The van der Waals surface area contributed by atoms with Crippen molar-refractivity contribution in [2.45, 2.75) is 52.1 Å². The highest BCUT2D eigenvalue weighted by Gasteiger charge is 2.22. The van der Waals surface area contributed by atoms with E-state index in [9.17, 15) is 9.59 Å². The fourth-order valence-corrected chi connectivity index (χ4v) is 4.72. The van der Waals surface area contributed by atoms with Crippen molar-refractivity contribution >= 4 is 29.0 Å². The molecular weight excluding hydrogens is 436 g/mol. The summed E-state index contributed by atoms with van der Waals surface area (Å²) in [5.74, 6) is -0.118. The van der Waals surface area contributed by atoms with Gasteiger partial charge in [-0.2, -0.15) is 0 Å². The Hall–Kier alpha value is -2.81. The van der Waals surface area contributed by atoms with E-state index >= 15 is 0 Å². The topological polar surface area (TPSA) is 79.4 Å². The molecule has 2 N–H and O–H groups in total. The molecule has 174 valence electrons. The Morgan fingerprint density at radius 1 is 1.09 bits per heavy atom. The van der Waals surface area contributed by atoms with E-state index in [-0.39, 0.29) is 36.6 Å². The van der Waals surface area contributed by atoms with Crippen molar-refractivity contribution in [3.63, 3.8) is 0 Å². The lowest BCUT2D eigenvalue weighted by Gasteiger charge is -2.35. The highest BCUT2D eigenvalue weighted by Crippen LogP contribution is 2.17. The molecule has 3 aromatic rings. The molecule has 2 heterocycles. The van der Waals surface area contributed by atoms with Crippen LogP contribution in [0.4, 0.5) is 0 Å². The van der Waals surface area contributed by atoms with Gasteiger partial charge in [0.1, 0.15) is 0 Å². The largest absolute Gasteiger partial charge is 0.373 e. The minimum absolute atomic E-state index is 0.118. The lowest BCUT2D eigenvalue weighted by Crippen LogP contribution is -2.45. The summed E-state index contributed by atoms with van der Waals surface area (Å²) >= 11 is 5.33. The minimum atomic E-state index is -0.179. The van der Waals surface area contributed by atoms with Crippen LogP contribution in [0.5, 0.6) is 0 Å². The molecule has 0 bridgehead atoms. The van der Waals surface area contributed by atoms with E-state index in [1.165, 1.54) is 10.1 Å². The van der Waals surface area contributed by atoms with E-state index < -0.39 is 0 Å². The average molecular weight is 467 g/mol. The Morgan fingerprint density at radius 3 is 2.52 bits per heavy atom. The van der Waals surface area contributed by atoms with Crippen molar-refractivity contribution in [3.8, 4) is 0 Å². The molecule has 1 aromatic heterocycles. The van der Waals surface area contributed by atoms with E-state index in [2.05, 4.69) is 35.1 Å². The number of rotatable bonds is 7. The third-order valence-corrected chi connectivity index (χ3v) is 6.26. The number of benzene rings is 2. The summed E-state index contributed by atoms with van der Waals surface area (Å²) in [5.41, 5.74) is 2.82. The SMILES string of the molecule is CC1CN(Cc2ccccc2CNC(=O)CCn2c(=S)[nH]c3ccccc3c2=O)CC(C)O1. The Bertz CT molecular complexity index is 1240. The first-order valence-corrected chi connectivity index (χ1v) is 11.7. The Balaban J connectivity index is 1.37. The zero-order chi connectivity index (χ0) is 23.4. The summed E-state index contributed by atoms with van der Waals surface area (Å²) < 4.78 is 7.61. The maximum absolute atomic E-state index is 12.8. The van der Waals surface area contributed by atoms with E-state index in [0.29, 0.717) is 22.2 Å². The van der Waals surface area contributed by atoms with Gasteiger partial charge in [0.25, 0.3) is 5.56 Å². The predicted octanol–water partition coefficient (Wildman–Crippen LogP) is 3.37. The molecule has 2 aromatic carbocycles. The summed E-state index contributed by atoms with van der Waals surface area (Å²) in [6, 6.07) is 15.4. The standard InChI is InChI=1S/C25H30N4O3S/c1-17-14-28(15-18(2)32-17)16-20-8-4-3-7-19(20)13-26-23(30)11-12-29-24(31)21-9-5-6-10-22(21)27-25(29)33/h3-10,17-18H,11-16H2,1-2H3,(H,26,30)(H,27,33). The number of H-pyrrole nitrogens is 1. The predicted molar refractivity (Wildman–Crippen MR) is 132 cm³/mol. The summed E-state index contributed by atoms with van der Waals surface area (Å²) in [5, 5.41) is 3.56. The van der Waals surface area contributed by atoms with Gasteiger partial charge in [-0.25, -0.2) is 0 Å². The summed E-state index contributed by atoms with van der Waals surface area (Å²) in [6.45, 7) is 7.49. The molecule has 2 unspecified atom stereocenters. The normalized spacial score (nSPS) is 19.0. The Morgan fingerprint density at radius 2 is 1.76 bits per heavy atom. The van der Waals surface area contributed by atoms with Crippen LogP contribution in [0, 0.1) is 4.77 Å². The van der Waals surface area contributed by atoms with Crippen molar-refractivity contribution in [3.05, 3.63) is 74.8 Å². The van der Waals surface area contributed by atoms with Crippen LogP contribution in [0.15, 0.2) is 53.3 Å². The fraction of sp³-hybridized carbons (Fsp3) is 0.400. The van der Waals surface area contributed by atoms with Gasteiger partial charge in [0.05, 0.1) is 23.1 Å². The zero-order valence-corrected chi connectivity index (χ0v) is 19.9. The molecule has 1 amide bonds. The van der Waals surface area contributed by atoms with Crippen LogP contribution < -0.4 is 10.9 Å². The van der Waals surface area contributed by atoms with Crippen LogP contribution in [0.1, 0.15) is 31.4 Å². The molecule has 2 atom stereocenters. The van der Waals surface area contributed by atoms with E-state index in [0.717, 1.165) is 25.2 Å². The van der Waals surface area contributed by atoms with Crippen LogP contribution in [-0.4, -0.2) is 45.7 Å². The molecule has 1 aliphatic heterocycles. The number of para-hydroxylation sites is 1. The zero-order valence-electron chi connectivity index (χ0n) is 19.0. The van der Waals surface area contributed by atoms with Crippen molar-refractivity contribution in [1.29, 1.82) is 0 Å². The number of aromatic nitrogens is 2. The van der Waals surface area contributed by atoms with Gasteiger partial charge in [0, 0.05) is 39.1 Å². The third-order valence-electron chi connectivity index (χ3n) is 5.94. The molecule has 8 heteroatoms. The molecular formula is C25H30N4O3S. The van der Waals surface area contributed by atoms with Gasteiger partial charge in [-0.1, -0.05) is 36.4 Å². The van der Waals surface area contributed by atoms with Crippen LogP contribution in [0.2, 0.25) is 0 Å². The monoisotopic (exact) mass is 466 g/mol. The minimum Gasteiger partial charge on any atom is -0.373 e. The van der Waals surface area contributed by atoms with Gasteiger partial charge in [-0.05, 0) is 49.3 Å². The van der Waals surface area contributed by atoms with Gasteiger partial charge < -0.3 is 15.0 Å². The van der Waals surface area contributed by atoms with Crippen molar-refractivity contribution in [1.82, 2.24) is 19.8 Å². The molecule has 1 fully saturated rings. The van der Waals surface area contributed by atoms with Crippen molar-refractivity contribution < 1.29 is 9.53 Å². The number of carbonyl (C=O) groups is 1. The number of carbonyl (C=O) groups excluding carboxylic acids is 1. The second-order valence-electron chi connectivity index (χ2n) is 8.68. The number of nitrogens with one attached hydrogen (secondary N) is 2. The second kappa shape index (κ2) is 10.4. The maximum atomic E-state index is 12.8. The van der Waals surface area contributed by atoms with Gasteiger partial charge in [0.15, 0.2) is 4.77 Å². The fourth-order valence-electron chi connectivity index (χ4n) is 4.44. The molecule has 0 radical (unpaired) electrons. The smallest absolute Gasteiger partial charge is 0.262 e. The summed E-state index contributed by atoms with van der Waals surface area (Å²) in [7, 11) is 0. The van der Waals surface area contributed by atoms with E-state index in [1.807, 2.05) is 36.4 Å². The molecule has 7 nitrogen and oxygen atoms in total. The highest BCUT2D eigenvalue weighted by molar-refractivity contribution is 7.71. The highest BCUT2D eigenvalue weighted by atomic mass is 32.1. The molecule has 4 rings (SSSR count). The summed E-state index contributed by atoms with van der Waals surface area (Å²) in [6.07, 6.45) is 0.604. The first-order valence-electron chi connectivity index (χ1n) is 11.3. The molecule has 0 spiro atoms. The lowest BCUT2D eigenvalue weighted by atomic mass is 10.1. The number of hydrogen-bond acceptors (Lipinski definition) is 5. The molecule has 1 saturated heterocycles. The van der Waals surface area contributed by atoms with Crippen molar-refractivity contribution in [2.24, 2.45) is 0 Å². The maximum Gasteiger partial charge on any atom is 0.262 e. The first-order chi connectivity index (χ1) is 15.9. The van der Waals surface area contributed by atoms with Crippen LogP contribution >= 0.6 is 12.2 Å². The van der Waals surface area contributed by atoms with Crippen LogP contribution in [-0.2, 0) is 29.2 Å². The van der Waals surface area contributed by atoms with E-state index in [4.69, 9.17) is 17.0 Å². The Labute approximate surface area is 198 Å². The lowest BCUT2D eigenvalue weighted by molar-refractivity contribution is -0.121. The van der Waals surface area contributed by atoms with Crippen LogP contribution in [0.3, 0.4) is 0 Å². The molecule has 0 saturated carbocycles. The van der Waals surface area contributed by atoms with Gasteiger partial charge in [-0.15, -0.1) is 0 Å². The van der Waals surface area contributed by atoms with E-state index in [1.54, 1.807) is 6.07 Å². The second-order valence-corrected chi connectivity index (χ2v) is 9.07. The quantitative estimate of drug-likeness (QED) is 0.522. The van der Waals surface area contributed by atoms with Gasteiger partial charge >= 0.3 is 0 Å². The van der Waals surface area contributed by atoms with Gasteiger partial charge in [-0.3, -0.25) is 19.1 Å². The van der Waals surface area contributed by atoms with Crippen LogP contribution in [0.25, 0.3) is 10.9 Å². The number of fused-ring (bicyclic) bond motifs is 1. The summed E-state index contributed by atoms with van der Waals surface area (Å²) in [4.78, 5) is 30.8. The number of nitrogens with zero attached hydrogens (tertiary/aromatic N) is 2. The Kier molecular flexibility index (Phi) is 7.37. The number of ether oxygens (including phenoxy) is 1. The van der Waals surface area contributed by atoms with Gasteiger partial charge in [0.2, 0.25) is 5.91 Å². The molecule has 1 aliphatic rings. The number of hydrogen-bond donors (Lipinski definition) is 2. The number of morpholine rings is 1. The van der Waals surface area contributed by atoms with Crippen molar-refractivity contribution in [2.75, 3.05) is 13.1 Å². The molecule has 0 aliphatic carbocycles.